The summed E-state index contributed by atoms with van der Waals surface area (Å²) in [6.07, 6.45) is -9.98. The number of anilines is 2. The molecule has 22 heteroatoms. The van der Waals surface area contributed by atoms with Crippen LogP contribution in [0.1, 0.15) is 36.5 Å². The third-order valence-corrected chi connectivity index (χ3v) is 10.1. The topological polar surface area (TPSA) is 231 Å². The number of carboxylic acid groups (broad SMARTS) is 2. The van der Waals surface area contributed by atoms with Crippen molar-refractivity contribution >= 4 is 62.1 Å². The lowest BCUT2D eigenvalue weighted by Gasteiger charge is -2.31. The maximum Gasteiger partial charge on any atom is 0.490 e. The van der Waals surface area contributed by atoms with Gasteiger partial charge in [0.25, 0.3) is 0 Å². The highest BCUT2D eigenvalue weighted by Crippen LogP contribution is 2.30. The van der Waals surface area contributed by atoms with Gasteiger partial charge in [-0.15, -0.1) is 0 Å². The fourth-order valence-corrected chi connectivity index (χ4v) is 6.78. The number of hydrogen-bond donors (Lipinski definition) is 8. The molecule has 2 heterocycles. The Labute approximate surface area is 374 Å². The van der Waals surface area contributed by atoms with E-state index < -0.39 is 36.5 Å². The number of pyridine rings is 1. The van der Waals surface area contributed by atoms with E-state index in [1.807, 2.05) is 72.8 Å². The van der Waals surface area contributed by atoms with Crippen LogP contribution in [0, 0.1) is 0 Å². The number of H-pyrrole nitrogens is 1. The summed E-state index contributed by atoms with van der Waals surface area (Å²) in [5, 5.41) is 44.9. The SMILES string of the molecule is O=C(CCN1CCC(OC(=O)Nc2ccccc2-c2ccccc2)CC1)Nc1ccc(CNC[C@H](O)c2ccc(O)c3[nH]c(=O)ccc23)cc1Br.O=C(O)C(F)(F)F.O=C(O)C(F)(F)F. The summed E-state index contributed by atoms with van der Waals surface area (Å²) in [6.45, 7) is 2.78. The van der Waals surface area contributed by atoms with Crippen LogP contribution in [0.5, 0.6) is 5.75 Å². The van der Waals surface area contributed by atoms with Gasteiger partial charge in [0.1, 0.15) is 11.9 Å². The van der Waals surface area contributed by atoms with Crippen LogP contribution in [0.3, 0.4) is 0 Å². The zero-order valence-electron chi connectivity index (χ0n) is 33.9. The number of carbonyl (C=O) groups excluding carboxylic acids is 2. The number of aromatic amines is 1. The Kier molecular flexibility index (Phi) is 18.4. The molecule has 348 valence electrons. The Balaban J connectivity index is 0.000000572. The van der Waals surface area contributed by atoms with Gasteiger partial charge < -0.3 is 45.7 Å². The number of phenolic OH excluding ortho intramolecular Hbond substituents is 1. The summed E-state index contributed by atoms with van der Waals surface area (Å²) < 4.78 is 70.0. The molecule has 5 aromatic rings. The van der Waals surface area contributed by atoms with Gasteiger partial charge in [0.2, 0.25) is 11.5 Å². The molecule has 0 aliphatic carbocycles. The highest BCUT2D eigenvalue weighted by molar-refractivity contribution is 9.10. The molecule has 6 rings (SSSR count). The molecule has 1 aliphatic heterocycles. The van der Waals surface area contributed by atoms with Gasteiger partial charge in [0.15, 0.2) is 0 Å². The summed E-state index contributed by atoms with van der Waals surface area (Å²) in [7, 11) is 0. The number of hydrogen-bond acceptors (Lipinski definition) is 10. The molecule has 0 saturated carbocycles. The molecule has 0 unspecified atom stereocenters. The van der Waals surface area contributed by atoms with Crippen LogP contribution in [0.25, 0.3) is 22.0 Å². The normalized spacial score (nSPS) is 13.6. The summed E-state index contributed by atoms with van der Waals surface area (Å²) >= 11 is 3.56. The van der Waals surface area contributed by atoms with Crippen molar-refractivity contribution in [1.82, 2.24) is 15.2 Å². The molecule has 1 fully saturated rings. The van der Waals surface area contributed by atoms with E-state index in [1.54, 1.807) is 12.1 Å². The highest BCUT2D eigenvalue weighted by Gasteiger charge is 2.39. The molecular formula is C43H42BrF6N5O10. The van der Waals surface area contributed by atoms with Crippen molar-refractivity contribution in [2.45, 2.75) is 50.4 Å². The molecule has 4 aromatic carbocycles. The van der Waals surface area contributed by atoms with Crippen molar-refractivity contribution < 1.29 is 70.7 Å². The minimum absolute atomic E-state index is 0.0564. The van der Waals surface area contributed by atoms with E-state index in [-0.39, 0.29) is 29.9 Å². The number of benzene rings is 4. The number of aromatic nitrogens is 1. The standard InChI is InChI=1S/C39H40BrN5O6.2C2HF3O2/c40-31-22-25(23-41-24-35(47)29-11-14-34(46)38-30(29)12-15-36(48)44-38)10-13-33(31)42-37(49)18-21-45-19-16-27(17-20-45)51-39(50)43-32-9-5-4-8-28(32)26-6-2-1-3-7-26;2*3-2(4,5)1(6)7/h1-15,22,27,35,41,46-47H,16-21,23-24H2,(H,42,49)(H,43,50)(H,44,48);2*(H,6,7)/t35-;;/m0../s1. The van der Waals surface area contributed by atoms with Gasteiger partial charge >= 0.3 is 30.4 Å². The number of fused-ring (bicyclic) bond motifs is 1. The first kappa shape index (κ1) is 51.1. The van der Waals surface area contributed by atoms with Crippen molar-refractivity contribution in [3.63, 3.8) is 0 Å². The maximum absolute atomic E-state index is 12.8. The molecule has 1 aliphatic rings. The number of carbonyl (C=O) groups is 4. The van der Waals surface area contributed by atoms with Crippen LogP contribution in [0.4, 0.5) is 42.5 Å². The van der Waals surface area contributed by atoms with Gasteiger partial charge in [0, 0.05) is 60.6 Å². The number of aliphatic hydroxyl groups excluding tert-OH is 1. The van der Waals surface area contributed by atoms with Crippen molar-refractivity contribution in [3.05, 3.63) is 123 Å². The van der Waals surface area contributed by atoms with Crippen LogP contribution in [-0.2, 0) is 25.7 Å². The number of para-hydroxylation sites is 1. The first-order valence-electron chi connectivity index (χ1n) is 19.4. The number of piperidine rings is 1. The number of nitrogens with one attached hydrogen (secondary N) is 4. The minimum atomic E-state index is -5.08. The summed E-state index contributed by atoms with van der Waals surface area (Å²) in [6, 6.07) is 29.2. The smallest absolute Gasteiger partial charge is 0.490 e. The number of aliphatic hydroxyl groups is 1. The number of likely N-dealkylation sites (tertiary alicyclic amines) is 1. The van der Waals surface area contributed by atoms with Gasteiger partial charge in [-0.25, -0.2) is 14.4 Å². The maximum atomic E-state index is 12.8. The van der Waals surface area contributed by atoms with Gasteiger partial charge in [-0.1, -0.05) is 60.7 Å². The number of aliphatic carboxylic acids is 2. The van der Waals surface area contributed by atoms with E-state index >= 15 is 0 Å². The number of amides is 2. The number of halogens is 7. The first-order valence-corrected chi connectivity index (χ1v) is 20.2. The quantitative estimate of drug-likeness (QED) is 0.0560. The van der Waals surface area contributed by atoms with Gasteiger partial charge in [0.05, 0.1) is 23.0 Å². The van der Waals surface area contributed by atoms with E-state index in [9.17, 15) is 50.9 Å². The van der Waals surface area contributed by atoms with Crippen molar-refractivity contribution in [2.24, 2.45) is 0 Å². The minimum Gasteiger partial charge on any atom is -0.506 e. The molecule has 8 N–H and O–H groups in total. The second-order valence-electron chi connectivity index (χ2n) is 14.1. The number of aromatic hydroxyl groups is 1. The fourth-order valence-electron chi connectivity index (χ4n) is 6.26. The third kappa shape index (κ3) is 16.2. The fraction of sp³-hybridized carbons (Fsp3) is 0.279. The predicted octanol–water partition coefficient (Wildman–Crippen LogP) is 7.79. The van der Waals surface area contributed by atoms with E-state index in [0.717, 1.165) is 34.3 Å². The molecule has 15 nitrogen and oxygen atoms in total. The van der Waals surface area contributed by atoms with Crippen LogP contribution in [0.2, 0.25) is 0 Å². The van der Waals surface area contributed by atoms with E-state index in [4.69, 9.17) is 24.5 Å². The Morgan fingerprint density at radius 3 is 2.05 bits per heavy atom. The van der Waals surface area contributed by atoms with Crippen molar-refractivity contribution in [3.8, 4) is 16.9 Å². The Morgan fingerprint density at radius 1 is 0.815 bits per heavy atom. The second kappa shape index (κ2) is 23.4. The molecule has 2 amide bonds. The Hall–Kier alpha value is -6.49. The number of phenols is 1. The second-order valence-corrected chi connectivity index (χ2v) is 15.0. The molecule has 1 saturated heterocycles. The van der Waals surface area contributed by atoms with E-state index in [1.165, 1.54) is 12.1 Å². The van der Waals surface area contributed by atoms with Gasteiger partial charge in [-0.2, -0.15) is 26.3 Å². The zero-order valence-corrected chi connectivity index (χ0v) is 35.5. The molecule has 1 aromatic heterocycles. The largest absolute Gasteiger partial charge is 0.506 e. The van der Waals surface area contributed by atoms with Gasteiger partial charge in [-0.05, 0) is 75.8 Å². The third-order valence-electron chi connectivity index (χ3n) is 9.44. The summed E-state index contributed by atoms with van der Waals surface area (Å²) in [4.78, 5) is 59.8. The zero-order chi connectivity index (χ0) is 47.9. The van der Waals surface area contributed by atoms with Crippen LogP contribution in [-0.4, -0.2) is 98.9 Å². The van der Waals surface area contributed by atoms with Crippen molar-refractivity contribution in [2.75, 3.05) is 36.8 Å². The van der Waals surface area contributed by atoms with Gasteiger partial charge in [-0.3, -0.25) is 14.9 Å². The predicted molar refractivity (Wildman–Crippen MR) is 229 cm³/mol. The molecule has 65 heavy (non-hydrogen) atoms. The monoisotopic (exact) mass is 981 g/mol. The lowest BCUT2D eigenvalue weighted by molar-refractivity contribution is -0.193. The number of nitrogens with zero attached hydrogens (tertiary/aromatic N) is 1. The summed E-state index contributed by atoms with van der Waals surface area (Å²) in [5.74, 6) is -5.67. The van der Waals surface area contributed by atoms with Crippen molar-refractivity contribution in [1.29, 1.82) is 0 Å². The lowest BCUT2D eigenvalue weighted by Crippen LogP contribution is -2.39. The Morgan fingerprint density at radius 2 is 1.43 bits per heavy atom. The Bertz CT molecular complexity index is 2460. The molecular weight excluding hydrogens is 940 g/mol. The number of rotatable bonds is 12. The number of ether oxygens (including phenoxy) is 1. The number of carboxylic acids is 2. The summed E-state index contributed by atoms with van der Waals surface area (Å²) in [5.41, 5.74) is 4.81. The molecule has 0 radical (unpaired) electrons. The average Bonchev–Trinajstić information content (AvgIpc) is 3.25. The van der Waals surface area contributed by atoms with E-state index in [0.29, 0.717) is 60.2 Å². The van der Waals surface area contributed by atoms with E-state index in [2.05, 4.69) is 41.8 Å². The highest BCUT2D eigenvalue weighted by atomic mass is 79.9. The van der Waals surface area contributed by atoms with Crippen LogP contribution < -0.4 is 21.5 Å². The molecule has 0 bridgehead atoms. The number of alkyl halides is 6. The average molecular weight is 983 g/mol. The van der Waals surface area contributed by atoms with Crippen LogP contribution in [0.15, 0.2) is 106 Å². The first-order chi connectivity index (χ1) is 30.6. The molecule has 1 atom stereocenters. The molecule has 0 spiro atoms. The van der Waals surface area contributed by atoms with Crippen LogP contribution >= 0.6 is 15.9 Å². The lowest BCUT2D eigenvalue weighted by atomic mass is 10.0.